The van der Waals surface area contributed by atoms with E-state index in [0.29, 0.717) is 5.56 Å². The van der Waals surface area contributed by atoms with Gasteiger partial charge in [0.05, 0.1) is 11.6 Å². The quantitative estimate of drug-likeness (QED) is 0.658. The highest BCUT2D eigenvalue weighted by Gasteiger charge is 2.02. The Labute approximate surface area is 83.2 Å². The molecule has 0 saturated heterocycles. The highest BCUT2D eigenvalue weighted by atomic mass is 14.2. The van der Waals surface area contributed by atoms with Crippen molar-refractivity contribution in [2.45, 2.75) is 0 Å². The lowest BCUT2D eigenvalue weighted by atomic mass is 10.0. The topological polar surface area (TPSA) is 23.8 Å². The Morgan fingerprint density at radius 1 is 1.00 bits per heavy atom. The van der Waals surface area contributed by atoms with Crippen molar-refractivity contribution >= 4 is 0 Å². The van der Waals surface area contributed by atoms with Crippen LogP contribution in [0.3, 0.4) is 0 Å². The van der Waals surface area contributed by atoms with E-state index < -0.39 is 0 Å². The molecule has 1 radical (unpaired) electrons. The smallest absolute Gasteiger partial charge is 0.0998 e. The van der Waals surface area contributed by atoms with Gasteiger partial charge in [-0.3, -0.25) is 0 Å². The Balaban J connectivity index is 2.58. The molecular weight excluding hydrogens is 170 g/mol. The molecule has 65 valence electrons. The standard InChI is InChI=1S/C13H8N/c14-10-12-8-4-5-9-13(12)11-6-2-1-3-7-11/h1-8H. The van der Waals surface area contributed by atoms with Crippen molar-refractivity contribution in [2.24, 2.45) is 0 Å². The van der Waals surface area contributed by atoms with Gasteiger partial charge >= 0.3 is 0 Å². The maximum absolute atomic E-state index is 8.91. The van der Waals surface area contributed by atoms with Gasteiger partial charge in [-0.15, -0.1) is 0 Å². The molecule has 0 aromatic heterocycles. The van der Waals surface area contributed by atoms with Gasteiger partial charge in [0.1, 0.15) is 0 Å². The third-order valence-electron chi connectivity index (χ3n) is 2.04. The molecular formula is C13H8N. The molecule has 0 aliphatic rings. The number of nitriles is 1. The first-order valence-corrected chi connectivity index (χ1v) is 4.38. The van der Waals surface area contributed by atoms with Crippen LogP contribution in [0.4, 0.5) is 0 Å². The van der Waals surface area contributed by atoms with Gasteiger partial charge in [0.15, 0.2) is 0 Å². The lowest BCUT2D eigenvalue weighted by molar-refractivity contribution is 1.47. The van der Waals surface area contributed by atoms with Crippen LogP contribution in [0.5, 0.6) is 0 Å². The summed E-state index contributed by atoms with van der Waals surface area (Å²) in [4.78, 5) is 0. The molecule has 2 rings (SSSR count). The number of benzene rings is 2. The van der Waals surface area contributed by atoms with Gasteiger partial charge in [0.25, 0.3) is 0 Å². The second-order valence-electron chi connectivity index (χ2n) is 2.94. The molecule has 0 aliphatic carbocycles. The van der Waals surface area contributed by atoms with Gasteiger partial charge in [0.2, 0.25) is 0 Å². The molecule has 0 aliphatic heterocycles. The van der Waals surface area contributed by atoms with Gasteiger partial charge in [-0.05, 0) is 17.7 Å². The minimum absolute atomic E-state index is 0.665. The summed E-state index contributed by atoms with van der Waals surface area (Å²) in [5, 5.41) is 8.91. The van der Waals surface area contributed by atoms with E-state index in [2.05, 4.69) is 12.1 Å². The molecule has 0 unspecified atom stereocenters. The Morgan fingerprint density at radius 2 is 1.79 bits per heavy atom. The van der Waals surface area contributed by atoms with Crippen molar-refractivity contribution in [1.29, 1.82) is 5.26 Å². The van der Waals surface area contributed by atoms with Crippen LogP contribution in [0, 0.1) is 17.4 Å². The monoisotopic (exact) mass is 178 g/mol. The molecule has 0 saturated carbocycles. The van der Waals surface area contributed by atoms with E-state index in [1.165, 1.54) is 0 Å². The predicted octanol–water partition coefficient (Wildman–Crippen LogP) is 3.03. The van der Waals surface area contributed by atoms with Crippen molar-refractivity contribution in [3.8, 4) is 17.2 Å². The van der Waals surface area contributed by atoms with Crippen LogP contribution in [0.1, 0.15) is 5.56 Å². The Bertz CT molecular complexity index is 466. The molecule has 14 heavy (non-hydrogen) atoms. The molecule has 0 heterocycles. The molecule has 0 fully saturated rings. The van der Waals surface area contributed by atoms with Gasteiger partial charge < -0.3 is 0 Å². The van der Waals surface area contributed by atoms with Crippen LogP contribution in [0.15, 0.2) is 48.5 Å². The van der Waals surface area contributed by atoms with Crippen LogP contribution < -0.4 is 0 Å². The zero-order valence-electron chi connectivity index (χ0n) is 7.57. The van der Waals surface area contributed by atoms with E-state index in [1.54, 1.807) is 6.07 Å². The van der Waals surface area contributed by atoms with E-state index in [1.807, 2.05) is 42.5 Å². The van der Waals surface area contributed by atoms with E-state index in [-0.39, 0.29) is 0 Å². The summed E-state index contributed by atoms with van der Waals surface area (Å²) in [6, 6.07) is 20.5. The predicted molar refractivity (Wildman–Crippen MR) is 55.4 cm³/mol. The lowest BCUT2D eigenvalue weighted by Crippen LogP contribution is -1.82. The molecule has 0 spiro atoms. The summed E-state index contributed by atoms with van der Waals surface area (Å²) in [6.45, 7) is 0. The number of nitrogens with zero attached hydrogens (tertiary/aromatic N) is 1. The minimum Gasteiger partial charge on any atom is -0.192 e. The largest absolute Gasteiger partial charge is 0.192 e. The maximum atomic E-state index is 8.91. The fourth-order valence-corrected chi connectivity index (χ4v) is 1.37. The fraction of sp³-hybridized carbons (Fsp3) is 0. The van der Waals surface area contributed by atoms with Crippen molar-refractivity contribution in [3.63, 3.8) is 0 Å². The first kappa shape index (κ1) is 8.52. The highest BCUT2D eigenvalue weighted by Crippen LogP contribution is 2.21. The molecule has 2 aromatic rings. The molecule has 2 aromatic carbocycles. The van der Waals surface area contributed by atoms with E-state index >= 15 is 0 Å². The van der Waals surface area contributed by atoms with Crippen molar-refractivity contribution < 1.29 is 0 Å². The van der Waals surface area contributed by atoms with E-state index in [0.717, 1.165) is 11.1 Å². The summed E-state index contributed by atoms with van der Waals surface area (Å²) < 4.78 is 0. The second kappa shape index (κ2) is 3.76. The van der Waals surface area contributed by atoms with Gasteiger partial charge in [-0.25, -0.2) is 0 Å². The number of hydrogen-bond acceptors (Lipinski definition) is 1. The molecule has 0 atom stereocenters. The molecule has 1 nitrogen and oxygen atoms in total. The van der Waals surface area contributed by atoms with Crippen LogP contribution >= 0.6 is 0 Å². The summed E-state index contributed by atoms with van der Waals surface area (Å²) in [5.74, 6) is 0. The van der Waals surface area contributed by atoms with Crippen molar-refractivity contribution in [1.82, 2.24) is 0 Å². The number of hydrogen-bond donors (Lipinski definition) is 0. The third-order valence-corrected chi connectivity index (χ3v) is 2.04. The van der Waals surface area contributed by atoms with Crippen molar-refractivity contribution in [3.05, 3.63) is 60.2 Å². The summed E-state index contributed by atoms with van der Waals surface area (Å²) in [6.07, 6.45) is 0. The Kier molecular flexibility index (Phi) is 2.29. The van der Waals surface area contributed by atoms with Gasteiger partial charge in [0, 0.05) is 5.56 Å². The molecule has 0 bridgehead atoms. The minimum atomic E-state index is 0.665. The van der Waals surface area contributed by atoms with Crippen molar-refractivity contribution in [2.75, 3.05) is 0 Å². The first-order chi connectivity index (χ1) is 6.92. The van der Waals surface area contributed by atoms with Gasteiger partial charge in [-0.2, -0.15) is 5.26 Å². The molecule has 1 heteroatoms. The zero-order valence-corrected chi connectivity index (χ0v) is 7.57. The third kappa shape index (κ3) is 1.51. The van der Waals surface area contributed by atoms with E-state index in [4.69, 9.17) is 5.26 Å². The van der Waals surface area contributed by atoms with Crippen LogP contribution in [0.2, 0.25) is 0 Å². The number of rotatable bonds is 1. The average Bonchev–Trinajstić information content (AvgIpc) is 2.30. The van der Waals surface area contributed by atoms with Gasteiger partial charge in [-0.1, -0.05) is 42.5 Å². The molecule has 0 amide bonds. The zero-order chi connectivity index (χ0) is 9.80. The second-order valence-corrected chi connectivity index (χ2v) is 2.94. The fourth-order valence-electron chi connectivity index (χ4n) is 1.37. The Hall–Kier alpha value is -2.07. The summed E-state index contributed by atoms with van der Waals surface area (Å²) >= 11 is 0. The maximum Gasteiger partial charge on any atom is 0.0998 e. The lowest BCUT2D eigenvalue weighted by Gasteiger charge is -2.01. The normalized spacial score (nSPS) is 9.36. The SMILES string of the molecule is N#Cc1ccc[c]c1-c1ccccc1. The highest BCUT2D eigenvalue weighted by molar-refractivity contribution is 5.69. The Morgan fingerprint density at radius 3 is 2.50 bits per heavy atom. The van der Waals surface area contributed by atoms with E-state index in [9.17, 15) is 0 Å². The van der Waals surface area contributed by atoms with Crippen LogP contribution in [-0.2, 0) is 0 Å². The van der Waals surface area contributed by atoms with Crippen LogP contribution in [0.25, 0.3) is 11.1 Å². The van der Waals surface area contributed by atoms with Crippen LogP contribution in [-0.4, -0.2) is 0 Å². The average molecular weight is 178 g/mol. The summed E-state index contributed by atoms with van der Waals surface area (Å²) in [7, 11) is 0. The summed E-state index contributed by atoms with van der Waals surface area (Å²) in [5.41, 5.74) is 2.57. The first-order valence-electron chi connectivity index (χ1n) is 4.38. The molecule has 0 N–H and O–H groups in total.